The maximum absolute atomic E-state index is 14.5. The third-order valence-electron chi connectivity index (χ3n) is 7.09. The van der Waals surface area contributed by atoms with E-state index in [1.165, 1.54) is 35.0 Å². The second-order valence-electron chi connectivity index (χ2n) is 9.04. The van der Waals surface area contributed by atoms with E-state index in [-0.39, 0.29) is 18.2 Å². The number of anilines is 1. The number of hydrogen-bond donors (Lipinski definition) is 0. The summed E-state index contributed by atoms with van der Waals surface area (Å²) in [5.41, 5.74) is 5.70. The van der Waals surface area contributed by atoms with Gasteiger partial charge in [-0.05, 0) is 62.3 Å². The SMILES string of the molecule is Cc1c(C)n(Cc2ccccc2F)c2c(N3CCC(Cc4ccccc4)CC3)nccc12.Cl. The number of benzene rings is 2. The molecule has 3 heterocycles. The molecule has 2 aromatic carbocycles. The Morgan fingerprint density at radius 3 is 2.36 bits per heavy atom. The first-order valence-corrected chi connectivity index (χ1v) is 11.6. The maximum atomic E-state index is 14.5. The van der Waals surface area contributed by atoms with Crippen molar-refractivity contribution in [3.63, 3.8) is 0 Å². The summed E-state index contributed by atoms with van der Waals surface area (Å²) in [6.07, 6.45) is 5.40. The van der Waals surface area contributed by atoms with Crippen molar-refractivity contribution in [1.82, 2.24) is 9.55 Å². The molecule has 1 saturated heterocycles. The number of hydrogen-bond acceptors (Lipinski definition) is 2. The molecule has 0 N–H and O–H groups in total. The lowest BCUT2D eigenvalue weighted by Crippen LogP contribution is -2.35. The van der Waals surface area contributed by atoms with Crippen molar-refractivity contribution >= 4 is 29.1 Å². The minimum atomic E-state index is -0.154. The Bertz CT molecular complexity index is 1230. The van der Waals surface area contributed by atoms with E-state index >= 15 is 0 Å². The topological polar surface area (TPSA) is 21.1 Å². The second kappa shape index (κ2) is 9.96. The summed E-state index contributed by atoms with van der Waals surface area (Å²) >= 11 is 0. The second-order valence-corrected chi connectivity index (χ2v) is 9.04. The lowest BCUT2D eigenvalue weighted by Gasteiger charge is -2.33. The standard InChI is InChI=1S/C28H30FN3.ClH/c1-20-21(2)32(19-24-10-6-7-11-26(24)29)27-25(20)12-15-30-28(27)31-16-13-23(14-17-31)18-22-8-4-3-5-9-22;/h3-12,15,23H,13-14,16-19H2,1-2H3;1H. The number of pyridine rings is 1. The molecule has 3 nitrogen and oxygen atoms in total. The Morgan fingerprint density at radius 1 is 0.939 bits per heavy atom. The summed E-state index contributed by atoms with van der Waals surface area (Å²) in [5.74, 6) is 1.59. The molecule has 1 aliphatic heterocycles. The Hall–Kier alpha value is -2.85. The van der Waals surface area contributed by atoms with Crippen LogP contribution in [0.2, 0.25) is 0 Å². The summed E-state index contributed by atoms with van der Waals surface area (Å²) in [7, 11) is 0. The van der Waals surface area contributed by atoms with Gasteiger partial charge in [-0.15, -0.1) is 12.4 Å². The molecule has 172 valence electrons. The number of nitrogens with zero attached hydrogens (tertiary/aromatic N) is 3. The maximum Gasteiger partial charge on any atom is 0.153 e. The largest absolute Gasteiger partial charge is 0.355 e. The van der Waals surface area contributed by atoms with Gasteiger partial charge in [-0.1, -0.05) is 48.5 Å². The fourth-order valence-corrected chi connectivity index (χ4v) is 5.10. The Labute approximate surface area is 201 Å². The number of fused-ring (bicyclic) bond motifs is 1. The van der Waals surface area contributed by atoms with E-state index in [9.17, 15) is 4.39 Å². The molecule has 0 bridgehead atoms. The highest BCUT2D eigenvalue weighted by molar-refractivity contribution is 5.93. The first kappa shape index (κ1) is 23.3. The number of rotatable bonds is 5. The number of halogens is 2. The smallest absolute Gasteiger partial charge is 0.153 e. The lowest BCUT2D eigenvalue weighted by molar-refractivity contribution is 0.402. The molecule has 0 unspecified atom stereocenters. The van der Waals surface area contributed by atoms with Crippen LogP contribution in [0, 0.1) is 25.6 Å². The molecule has 33 heavy (non-hydrogen) atoms. The number of aryl methyl sites for hydroxylation is 1. The fraction of sp³-hybridized carbons (Fsp3) is 0.321. The van der Waals surface area contributed by atoms with Gasteiger partial charge < -0.3 is 9.47 Å². The van der Waals surface area contributed by atoms with Crippen LogP contribution in [-0.2, 0) is 13.0 Å². The van der Waals surface area contributed by atoms with Crippen molar-refractivity contribution in [3.05, 3.63) is 95.1 Å². The number of aromatic nitrogens is 2. The van der Waals surface area contributed by atoms with Crippen LogP contribution in [0.1, 0.15) is 35.2 Å². The van der Waals surface area contributed by atoms with E-state index in [1.54, 1.807) is 12.1 Å². The van der Waals surface area contributed by atoms with E-state index < -0.39 is 0 Å². The summed E-state index contributed by atoms with van der Waals surface area (Å²) in [6.45, 7) is 6.82. The molecular formula is C28H31ClFN3. The van der Waals surface area contributed by atoms with Gasteiger partial charge in [0.15, 0.2) is 5.82 Å². The lowest BCUT2D eigenvalue weighted by atomic mass is 9.90. The van der Waals surface area contributed by atoms with Gasteiger partial charge in [0.05, 0.1) is 12.1 Å². The van der Waals surface area contributed by atoms with Crippen LogP contribution in [0.25, 0.3) is 10.9 Å². The third-order valence-corrected chi connectivity index (χ3v) is 7.09. The predicted octanol–water partition coefficient (Wildman–Crippen LogP) is 6.72. The van der Waals surface area contributed by atoms with E-state index in [4.69, 9.17) is 4.98 Å². The summed E-state index contributed by atoms with van der Waals surface area (Å²) in [4.78, 5) is 7.26. The zero-order valence-electron chi connectivity index (χ0n) is 19.3. The monoisotopic (exact) mass is 463 g/mol. The molecule has 5 heteroatoms. The average Bonchev–Trinajstić information content (AvgIpc) is 3.07. The molecular weight excluding hydrogens is 433 g/mol. The van der Waals surface area contributed by atoms with Gasteiger partial charge in [0.2, 0.25) is 0 Å². The van der Waals surface area contributed by atoms with Gasteiger partial charge in [-0.3, -0.25) is 0 Å². The molecule has 0 saturated carbocycles. The zero-order chi connectivity index (χ0) is 22.1. The molecule has 0 spiro atoms. The van der Waals surface area contributed by atoms with Crippen LogP contribution in [0.15, 0.2) is 66.9 Å². The normalized spacial score (nSPS) is 14.5. The van der Waals surface area contributed by atoms with Gasteiger partial charge in [0.1, 0.15) is 5.82 Å². The molecule has 0 aliphatic carbocycles. The first-order chi connectivity index (χ1) is 15.6. The molecule has 1 aliphatic rings. The summed E-state index contributed by atoms with van der Waals surface area (Å²) in [5, 5.41) is 1.22. The Kier molecular flexibility index (Phi) is 7.04. The molecule has 2 aromatic heterocycles. The predicted molar refractivity (Wildman–Crippen MR) is 137 cm³/mol. The molecule has 1 fully saturated rings. The fourth-order valence-electron chi connectivity index (χ4n) is 5.10. The highest BCUT2D eigenvalue weighted by atomic mass is 35.5. The van der Waals surface area contributed by atoms with Crippen LogP contribution >= 0.6 is 12.4 Å². The summed E-state index contributed by atoms with van der Waals surface area (Å²) in [6, 6.07) is 20.0. The third kappa shape index (κ3) is 4.63. The quantitative estimate of drug-likeness (QED) is 0.327. The molecule has 4 aromatic rings. The Morgan fingerprint density at radius 2 is 1.64 bits per heavy atom. The van der Waals surface area contributed by atoms with E-state index in [1.807, 2.05) is 18.3 Å². The minimum Gasteiger partial charge on any atom is -0.355 e. The zero-order valence-corrected chi connectivity index (χ0v) is 20.1. The highest BCUT2D eigenvalue weighted by Crippen LogP contribution is 2.34. The van der Waals surface area contributed by atoms with Crippen molar-refractivity contribution in [2.75, 3.05) is 18.0 Å². The van der Waals surface area contributed by atoms with Crippen molar-refractivity contribution in [2.45, 2.75) is 39.7 Å². The Balaban J connectivity index is 0.00000259. The average molecular weight is 464 g/mol. The van der Waals surface area contributed by atoms with Gasteiger partial charge >= 0.3 is 0 Å². The van der Waals surface area contributed by atoms with Crippen molar-refractivity contribution < 1.29 is 4.39 Å². The van der Waals surface area contributed by atoms with Crippen LogP contribution in [0.4, 0.5) is 10.2 Å². The van der Waals surface area contributed by atoms with E-state index in [2.05, 4.69) is 59.7 Å². The van der Waals surface area contributed by atoms with Gasteiger partial charge in [0.25, 0.3) is 0 Å². The number of piperidine rings is 1. The van der Waals surface area contributed by atoms with Crippen LogP contribution < -0.4 is 4.90 Å². The van der Waals surface area contributed by atoms with Crippen LogP contribution in [-0.4, -0.2) is 22.6 Å². The molecule has 0 amide bonds. The van der Waals surface area contributed by atoms with Crippen molar-refractivity contribution in [2.24, 2.45) is 5.92 Å². The van der Waals surface area contributed by atoms with Gasteiger partial charge in [-0.25, -0.2) is 9.37 Å². The molecule has 5 rings (SSSR count). The van der Waals surface area contributed by atoms with E-state index in [0.717, 1.165) is 30.8 Å². The van der Waals surface area contributed by atoms with Crippen molar-refractivity contribution in [3.8, 4) is 0 Å². The van der Waals surface area contributed by atoms with E-state index in [0.29, 0.717) is 18.0 Å². The van der Waals surface area contributed by atoms with Gasteiger partial charge in [0, 0.05) is 35.9 Å². The highest BCUT2D eigenvalue weighted by Gasteiger charge is 2.24. The van der Waals surface area contributed by atoms with Crippen LogP contribution in [0.3, 0.4) is 0 Å². The van der Waals surface area contributed by atoms with Crippen LogP contribution in [0.5, 0.6) is 0 Å². The molecule has 0 atom stereocenters. The summed E-state index contributed by atoms with van der Waals surface area (Å²) < 4.78 is 16.7. The first-order valence-electron chi connectivity index (χ1n) is 11.6. The van der Waals surface area contributed by atoms with Crippen molar-refractivity contribution in [1.29, 1.82) is 0 Å². The molecule has 0 radical (unpaired) electrons. The minimum absolute atomic E-state index is 0. The van der Waals surface area contributed by atoms with Gasteiger partial charge in [-0.2, -0.15) is 0 Å².